The summed E-state index contributed by atoms with van der Waals surface area (Å²) < 4.78 is 0. The van der Waals surface area contributed by atoms with Gasteiger partial charge in [0.25, 0.3) is 0 Å². The van der Waals surface area contributed by atoms with Gasteiger partial charge in [-0.1, -0.05) is 44.2 Å². The van der Waals surface area contributed by atoms with Gasteiger partial charge in [0, 0.05) is 36.4 Å². The Morgan fingerprint density at radius 1 is 1.05 bits per heavy atom. The number of carbonyl (C=O) groups excluding carboxylic acids is 3. The molecular formula is C30H30N4O3. The number of fused-ring (bicyclic) bond motifs is 1. The average Bonchev–Trinajstić information content (AvgIpc) is 3.49. The number of ketones is 1. The van der Waals surface area contributed by atoms with Gasteiger partial charge in [-0.05, 0) is 53.8 Å². The highest BCUT2D eigenvalue weighted by Gasteiger charge is 2.47. The molecule has 1 fully saturated rings. The van der Waals surface area contributed by atoms with E-state index in [0.29, 0.717) is 18.7 Å². The summed E-state index contributed by atoms with van der Waals surface area (Å²) in [5.74, 6) is -0.491. The Hall–Kier alpha value is -4.13. The number of rotatable bonds is 7. The van der Waals surface area contributed by atoms with E-state index in [1.54, 1.807) is 29.6 Å². The van der Waals surface area contributed by atoms with Crippen LogP contribution < -0.4 is 0 Å². The summed E-state index contributed by atoms with van der Waals surface area (Å²) in [6.45, 7) is 4.49. The van der Waals surface area contributed by atoms with E-state index < -0.39 is 12.0 Å². The zero-order valence-corrected chi connectivity index (χ0v) is 21.1. The number of hydrogen-bond acceptors (Lipinski definition) is 5. The van der Waals surface area contributed by atoms with Crippen LogP contribution in [0.2, 0.25) is 0 Å². The van der Waals surface area contributed by atoms with Crippen molar-refractivity contribution < 1.29 is 14.4 Å². The van der Waals surface area contributed by atoms with Gasteiger partial charge in [-0.3, -0.25) is 24.4 Å². The molecule has 4 heterocycles. The molecule has 7 nitrogen and oxygen atoms in total. The standard InChI is InChI=1S/C30H30N4O3/c1-20(2)15-24(22-8-5-9-23(17-22)25-10-3-4-13-32-25)30(37)33-14-11-26-29(33)27(35)19-34(26)28(36)16-21-7-6-12-31-18-21/h3-13,17-18,20,24,29H,14-16,19H2,1-2H3. The first-order chi connectivity index (χ1) is 17.9. The fraction of sp³-hybridized carbons (Fsp3) is 0.300. The van der Waals surface area contributed by atoms with Crippen molar-refractivity contribution in [3.8, 4) is 11.3 Å². The number of Topliss-reactive ketones (excluding diaryl/α,β-unsaturated/α-hetero) is 1. The largest absolute Gasteiger partial charge is 0.323 e. The van der Waals surface area contributed by atoms with E-state index in [1.807, 2.05) is 54.6 Å². The third-order valence-corrected chi connectivity index (χ3v) is 6.94. The summed E-state index contributed by atoms with van der Waals surface area (Å²) in [5.41, 5.74) is 4.12. The average molecular weight is 495 g/mol. The quantitative estimate of drug-likeness (QED) is 0.495. The SMILES string of the molecule is CC(C)CC(C(=O)N1CC=C2C1C(=O)CN2C(=O)Cc1cccnc1)c1cccc(-c2ccccn2)c1. The van der Waals surface area contributed by atoms with Crippen molar-refractivity contribution in [2.24, 2.45) is 5.92 Å². The molecule has 37 heavy (non-hydrogen) atoms. The molecule has 0 bridgehead atoms. The summed E-state index contributed by atoms with van der Waals surface area (Å²) in [6.07, 6.45) is 7.73. The first-order valence-corrected chi connectivity index (χ1v) is 12.7. The molecule has 0 aliphatic carbocycles. The summed E-state index contributed by atoms with van der Waals surface area (Å²) >= 11 is 0. The van der Waals surface area contributed by atoms with Crippen LogP contribution >= 0.6 is 0 Å². The van der Waals surface area contributed by atoms with Crippen LogP contribution in [0.4, 0.5) is 0 Å². The van der Waals surface area contributed by atoms with Crippen LogP contribution in [0.1, 0.15) is 37.3 Å². The molecule has 2 atom stereocenters. The Morgan fingerprint density at radius 3 is 2.65 bits per heavy atom. The molecule has 2 aliphatic rings. The lowest BCUT2D eigenvalue weighted by atomic mass is 9.87. The number of likely N-dealkylation sites (tertiary alicyclic amines) is 1. The molecule has 3 aromatic rings. The van der Waals surface area contributed by atoms with Crippen molar-refractivity contribution >= 4 is 17.6 Å². The van der Waals surface area contributed by atoms with Crippen molar-refractivity contribution in [3.05, 3.63) is 96.1 Å². The van der Waals surface area contributed by atoms with Crippen molar-refractivity contribution in [2.75, 3.05) is 13.1 Å². The lowest BCUT2D eigenvalue weighted by Crippen LogP contribution is -2.43. The second-order valence-corrected chi connectivity index (χ2v) is 10.0. The Bertz CT molecular complexity index is 1340. The van der Waals surface area contributed by atoms with Gasteiger partial charge in [0.2, 0.25) is 11.8 Å². The predicted octanol–water partition coefficient (Wildman–Crippen LogP) is 4.02. The van der Waals surface area contributed by atoms with Gasteiger partial charge in [0.1, 0.15) is 6.04 Å². The number of amides is 2. The Balaban J connectivity index is 1.38. The summed E-state index contributed by atoms with van der Waals surface area (Å²) in [5, 5.41) is 0. The molecule has 1 aromatic carbocycles. The fourth-order valence-electron chi connectivity index (χ4n) is 5.22. The number of pyridine rings is 2. The van der Waals surface area contributed by atoms with Gasteiger partial charge in [0.15, 0.2) is 5.78 Å². The normalized spacial score (nSPS) is 17.6. The van der Waals surface area contributed by atoms with Crippen LogP contribution in [0.25, 0.3) is 11.3 Å². The number of aromatic nitrogens is 2. The third-order valence-electron chi connectivity index (χ3n) is 6.94. The number of carbonyl (C=O) groups is 3. The molecule has 7 heteroatoms. The summed E-state index contributed by atoms with van der Waals surface area (Å²) in [6, 6.07) is 16.6. The molecule has 2 aromatic heterocycles. The first kappa shape index (κ1) is 24.6. The molecule has 2 amide bonds. The zero-order valence-electron chi connectivity index (χ0n) is 21.1. The maximum atomic E-state index is 14.0. The van der Waals surface area contributed by atoms with Crippen molar-refractivity contribution in [3.63, 3.8) is 0 Å². The molecule has 188 valence electrons. The van der Waals surface area contributed by atoms with E-state index in [-0.39, 0.29) is 36.5 Å². The van der Waals surface area contributed by atoms with Gasteiger partial charge in [0.05, 0.1) is 24.6 Å². The van der Waals surface area contributed by atoms with Gasteiger partial charge in [-0.15, -0.1) is 0 Å². The van der Waals surface area contributed by atoms with Crippen LogP contribution in [0.5, 0.6) is 0 Å². The van der Waals surface area contributed by atoms with Gasteiger partial charge in [-0.2, -0.15) is 0 Å². The van der Waals surface area contributed by atoms with Crippen LogP contribution in [0.3, 0.4) is 0 Å². The van der Waals surface area contributed by atoms with E-state index in [2.05, 4.69) is 23.8 Å². The van der Waals surface area contributed by atoms with Crippen molar-refractivity contribution in [2.45, 2.75) is 38.6 Å². The highest BCUT2D eigenvalue weighted by atomic mass is 16.2. The topological polar surface area (TPSA) is 83.5 Å². The second kappa shape index (κ2) is 10.5. The summed E-state index contributed by atoms with van der Waals surface area (Å²) in [4.78, 5) is 51.9. The minimum Gasteiger partial charge on any atom is -0.323 e. The summed E-state index contributed by atoms with van der Waals surface area (Å²) in [7, 11) is 0. The third kappa shape index (κ3) is 5.07. The molecular weight excluding hydrogens is 464 g/mol. The molecule has 0 radical (unpaired) electrons. The van der Waals surface area contributed by atoms with Crippen molar-refractivity contribution in [1.82, 2.24) is 19.8 Å². The van der Waals surface area contributed by atoms with Crippen LogP contribution in [-0.4, -0.2) is 56.5 Å². The molecule has 2 aliphatic heterocycles. The van der Waals surface area contributed by atoms with Gasteiger partial charge < -0.3 is 9.80 Å². The predicted molar refractivity (Wildman–Crippen MR) is 140 cm³/mol. The molecule has 0 N–H and O–H groups in total. The Labute approximate surface area is 216 Å². The second-order valence-electron chi connectivity index (χ2n) is 10.0. The van der Waals surface area contributed by atoms with Gasteiger partial charge >= 0.3 is 0 Å². The lowest BCUT2D eigenvalue weighted by molar-refractivity contribution is -0.137. The minimum atomic E-state index is -0.709. The Morgan fingerprint density at radius 2 is 1.92 bits per heavy atom. The minimum absolute atomic E-state index is 0.0105. The van der Waals surface area contributed by atoms with E-state index in [0.717, 1.165) is 22.4 Å². The number of nitrogens with zero attached hydrogens (tertiary/aromatic N) is 4. The van der Waals surface area contributed by atoms with E-state index in [9.17, 15) is 14.4 Å². The number of benzene rings is 1. The van der Waals surface area contributed by atoms with Gasteiger partial charge in [-0.25, -0.2) is 0 Å². The molecule has 2 unspecified atom stereocenters. The molecule has 0 saturated carbocycles. The highest BCUT2D eigenvalue weighted by molar-refractivity contribution is 6.01. The molecule has 5 rings (SSSR count). The maximum absolute atomic E-state index is 14.0. The van der Waals surface area contributed by atoms with Crippen LogP contribution in [-0.2, 0) is 20.8 Å². The highest BCUT2D eigenvalue weighted by Crippen LogP contribution is 2.35. The first-order valence-electron chi connectivity index (χ1n) is 12.7. The van der Waals surface area contributed by atoms with E-state index in [4.69, 9.17) is 0 Å². The van der Waals surface area contributed by atoms with E-state index >= 15 is 0 Å². The number of hydrogen-bond donors (Lipinski definition) is 0. The monoisotopic (exact) mass is 494 g/mol. The fourth-order valence-corrected chi connectivity index (χ4v) is 5.22. The van der Waals surface area contributed by atoms with Crippen LogP contribution in [0, 0.1) is 5.92 Å². The zero-order chi connectivity index (χ0) is 25.9. The maximum Gasteiger partial charge on any atom is 0.231 e. The van der Waals surface area contributed by atoms with Crippen LogP contribution in [0.15, 0.2) is 85.0 Å². The molecule has 1 saturated heterocycles. The van der Waals surface area contributed by atoms with Crippen molar-refractivity contribution in [1.29, 1.82) is 0 Å². The van der Waals surface area contributed by atoms with E-state index in [1.165, 1.54) is 4.90 Å². The smallest absolute Gasteiger partial charge is 0.231 e. The Kier molecular flexibility index (Phi) is 6.95. The molecule has 0 spiro atoms. The lowest BCUT2D eigenvalue weighted by Gasteiger charge is -2.29.